The lowest BCUT2D eigenvalue weighted by molar-refractivity contribution is -0.137. The highest BCUT2D eigenvalue weighted by molar-refractivity contribution is 5.66. The second-order valence-corrected chi connectivity index (χ2v) is 4.54. The molecule has 0 radical (unpaired) electrons. The zero-order valence-corrected chi connectivity index (χ0v) is 10.6. The van der Waals surface area contributed by atoms with Gasteiger partial charge in [-0.2, -0.15) is 0 Å². The SMILES string of the molecule is Cc1cccc(CCCN(C)CCC(=O)O)c1. The molecule has 0 unspecified atom stereocenters. The van der Waals surface area contributed by atoms with Gasteiger partial charge >= 0.3 is 5.97 Å². The number of carbonyl (C=O) groups is 1. The lowest BCUT2D eigenvalue weighted by Gasteiger charge is -2.15. The van der Waals surface area contributed by atoms with Gasteiger partial charge in [0.25, 0.3) is 0 Å². The third-order valence-corrected chi connectivity index (χ3v) is 2.80. The molecule has 0 aliphatic carbocycles. The molecule has 0 aliphatic heterocycles. The lowest BCUT2D eigenvalue weighted by Crippen LogP contribution is -2.23. The molecule has 0 saturated carbocycles. The van der Waals surface area contributed by atoms with E-state index in [9.17, 15) is 4.79 Å². The highest BCUT2D eigenvalue weighted by Crippen LogP contribution is 2.06. The predicted molar refractivity (Wildman–Crippen MR) is 69.2 cm³/mol. The Bertz CT molecular complexity index is 363. The van der Waals surface area contributed by atoms with Crippen molar-refractivity contribution < 1.29 is 9.90 Å². The molecule has 0 amide bonds. The largest absolute Gasteiger partial charge is 0.481 e. The van der Waals surface area contributed by atoms with E-state index >= 15 is 0 Å². The lowest BCUT2D eigenvalue weighted by atomic mass is 10.1. The molecule has 3 heteroatoms. The number of carboxylic acids is 1. The molecule has 0 spiro atoms. The number of aryl methyl sites for hydroxylation is 2. The Kier molecular flexibility index (Phi) is 5.70. The van der Waals surface area contributed by atoms with Crippen molar-refractivity contribution in [2.45, 2.75) is 26.2 Å². The molecule has 17 heavy (non-hydrogen) atoms. The minimum absolute atomic E-state index is 0.223. The third-order valence-electron chi connectivity index (χ3n) is 2.80. The highest BCUT2D eigenvalue weighted by Gasteiger charge is 2.02. The molecular formula is C14H21NO2. The van der Waals surface area contributed by atoms with Gasteiger partial charge < -0.3 is 10.0 Å². The van der Waals surface area contributed by atoms with Crippen LogP contribution in [0.5, 0.6) is 0 Å². The number of carboxylic acid groups (broad SMARTS) is 1. The van der Waals surface area contributed by atoms with Crippen LogP contribution in [0.2, 0.25) is 0 Å². The van der Waals surface area contributed by atoms with Crippen LogP contribution in [0.3, 0.4) is 0 Å². The molecule has 0 aromatic heterocycles. The number of benzene rings is 1. The first kappa shape index (κ1) is 13.7. The van der Waals surface area contributed by atoms with Crippen molar-refractivity contribution in [3.63, 3.8) is 0 Å². The van der Waals surface area contributed by atoms with Gasteiger partial charge in [-0.1, -0.05) is 29.8 Å². The van der Waals surface area contributed by atoms with Crippen molar-refractivity contribution in [1.29, 1.82) is 0 Å². The summed E-state index contributed by atoms with van der Waals surface area (Å²) in [6.07, 6.45) is 2.35. The molecule has 0 heterocycles. The van der Waals surface area contributed by atoms with Crippen LogP contribution < -0.4 is 0 Å². The summed E-state index contributed by atoms with van der Waals surface area (Å²) >= 11 is 0. The molecular weight excluding hydrogens is 214 g/mol. The summed E-state index contributed by atoms with van der Waals surface area (Å²) in [6, 6.07) is 8.53. The van der Waals surface area contributed by atoms with Crippen LogP contribution in [-0.4, -0.2) is 36.1 Å². The fraction of sp³-hybridized carbons (Fsp3) is 0.500. The predicted octanol–water partition coefficient (Wildman–Crippen LogP) is 2.33. The molecule has 0 fully saturated rings. The smallest absolute Gasteiger partial charge is 0.304 e. The molecule has 0 atom stereocenters. The van der Waals surface area contributed by atoms with Gasteiger partial charge in [-0.25, -0.2) is 0 Å². The van der Waals surface area contributed by atoms with Gasteiger partial charge in [-0.05, 0) is 38.9 Å². The fourth-order valence-electron chi connectivity index (χ4n) is 1.82. The zero-order chi connectivity index (χ0) is 12.7. The Hall–Kier alpha value is -1.35. The summed E-state index contributed by atoms with van der Waals surface area (Å²) in [5, 5.41) is 8.57. The molecule has 0 aliphatic rings. The Morgan fingerprint density at radius 3 is 2.76 bits per heavy atom. The second-order valence-electron chi connectivity index (χ2n) is 4.54. The van der Waals surface area contributed by atoms with E-state index in [0.29, 0.717) is 6.54 Å². The average Bonchev–Trinajstić information content (AvgIpc) is 2.26. The van der Waals surface area contributed by atoms with Crippen LogP contribution in [0.25, 0.3) is 0 Å². The van der Waals surface area contributed by atoms with Crippen LogP contribution in [0, 0.1) is 6.92 Å². The summed E-state index contributed by atoms with van der Waals surface area (Å²) < 4.78 is 0. The maximum Gasteiger partial charge on any atom is 0.304 e. The molecule has 0 bridgehead atoms. The van der Waals surface area contributed by atoms with Crippen molar-refractivity contribution in [2.24, 2.45) is 0 Å². The van der Waals surface area contributed by atoms with Crippen molar-refractivity contribution >= 4 is 5.97 Å². The first-order valence-electron chi connectivity index (χ1n) is 6.04. The first-order chi connectivity index (χ1) is 8.08. The standard InChI is InChI=1S/C14H21NO2/c1-12-5-3-6-13(11-12)7-4-9-15(2)10-8-14(16)17/h3,5-6,11H,4,7-10H2,1-2H3,(H,16,17). The monoisotopic (exact) mass is 235 g/mol. The number of aliphatic carboxylic acids is 1. The summed E-state index contributed by atoms with van der Waals surface area (Å²) in [4.78, 5) is 12.5. The van der Waals surface area contributed by atoms with E-state index < -0.39 is 5.97 Å². The number of nitrogens with zero attached hydrogens (tertiary/aromatic N) is 1. The zero-order valence-electron chi connectivity index (χ0n) is 10.6. The van der Waals surface area contributed by atoms with E-state index in [1.54, 1.807) is 0 Å². The van der Waals surface area contributed by atoms with E-state index in [2.05, 4.69) is 36.1 Å². The van der Waals surface area contributed by atoms with Gasteiger partial charge in [-0.3, -0.25) is 4.79 Å². The molecule has 94 valence electrons. The van der Waals surface area contributed by atoms with Gasteiger partial charge in [0.2, 0.25) is 0 Å². The van der Waals surface area contributed by atoms with E-state index in [0.717, 1.165) is 19.4 Å². The Labute approximate surface area is 103 Å². The molecule has 1 rings (SSSR count). The Balaban J connectivity index is 2.21. The van der Waals surface area contributed by atoms with Crippen molar-refractivity contribution in [1.82, 2.24) is 4.90 Å². The topological polar surface area (TPSA) is 40.5 Å². The van der Waals surface area contributed by atoms with Crippen LogP contribution in [-0.2, 0) is 11.2 Å². The quantitative estimate of drug-likeness (QED) is 0.788. The maximum absolute atomic E-state index is 10.4. The summed E-state index contributed by atoms with van der Waals surface area (Å²) in [6.45, 7) is 3.67. The fourth-order valence-corrected chi connectivity index (χ4v) is 1.82. The normalized spacial score (nSPS) is 10.8. The van der Waals surface area contributed by atoms with E-state index in [4.69, 9.17) is 5.11 Å². The second kappa shape index (κ2) is 7.07. The van der Waals surface area contributed by atoms with Crippen LogP contribution in [0.1, 0.15) is 24.0 Å². The molecule has 0 saturated heterocycles. The minimum Gasteiger partial charge on any atom is -0.481 e. The van der Waals surface area contributed by atoms with Gasteiger partial charge in [-0.15, -0.1) is 0 Å². The van der Waals surface area contributed by atoms with Crippen LogP contribution in [0.4, 0.5) is 0 Å². The van der Waals surface area contributed by atoms with E-state index in [-0.39, 0.29) is 6.42 Å². The van der Waals surface area contributed by atoms with Crippen molar-refractivity contribution in [3.8, 4) is 0 Å². The van der Waals surface area contributed by atoms with Crippen LogP contribution >= 0.6 is 0 Å². The number of rotatable bonds is 7. The number of hydrogen-bond donors (Lipinski definition) is 1. The average molecular weight is 235 g/mol. The van der Waals surface area contributed by atoms with E-state index in [1.807, 2.05) is 7.05 Å². The molecule has 1 N–H and O–H groups in total. The van der Waals surface area contributed by atoms with Gasteiger partial charge in [0.05, 0.1) is 6.42 Å². The van der Waals surface area contributed by atoms with Crippen LogP contribution in [0.15, 0.2) is 24.3 Å². The third kappa shape index (κ3) is 6.07. The van der Waals surface area contributed by atoms with Gasteiger partial charge in [0.1, 0.15) is 0 Å². The highest BCUT2D eigenvalue weighted by atomic mass is 16.4. The summed E-state index contributed by atoms with van der Waals surface area (Å²) in [5.74, 6) is -0.726. The number of hydrogen-bond acceptors (Lipinski definition) is 2. The first-order valence-corrected chi connectivity index (χ1v) is 6.04. The molecule has 1 aromatic carbocycles. The van der Waals surface area contributed by atoms with Gasteiger partial charge in [0.15, 0.2) is 0 Å². The van der Waals surface area contributed by atoms with Gasteiger partial charge in [0, 0.05) is 6.54 Å². The Morgan fingerprint density at radius 2 is 2.12 bits per heavy atom. The Morgan fingerprint density at radius 1 is 1.35 bits per heavy atom. The summed E-state index contributed by atoms with van der Waals surface area (Å²) in [5.41, 5.74) is 2.65. The molecule has 1 aromatic rings. The summed E-state index contributed by atoms with van der Waals surface area (Å²) in [7, 11) is 1.97. The minimum atomic E-state index is -0.726. The van der Waals surface area contributed by atoms with Crippen molar-refractivity contribution in [2.75, 3.05) is 20.1 Å². The van der Waals surface area contributed by atoms with E-state index in [1.165, 1.54) is 11.1 Å². The maximum atomic E-state index is 10.4. The molecule has 3 nitrogen and oxygen atoms in total. The van der Waals surface area contributed by atoms with Crippen molar-refractivity contribution in [3.05, 3.63) is 35.4 Å².